The Kier molecular flexibility index (Phi) is 7.35. The predicted molar refractivity (Wildman–Crippen MR) is 76.7 cm³/mol. The number of nitriles is 1. The first-order valence-electron chi connectivity index (χ1n) is 6.87. The molecule has 0 aliphatic heterocycles. The smallest absolute Gasteiger partial charge is 0.265 e. The second-order valence-electron chi connectivity index (χ2n) is 4.87. The van der Waals surface area contributed by atoms with Crippen LogP contribution in [-0.4, -0.2) is 36.3 Å². The van der Waals surface area contributed by atoms with E-state index in [1.54, 1.807) is 11.9 Å². The molecule has 5 heteroatoms. The highest BCUT2D eigenvalue weighted by Gasteiger charge is 2.24. The van der Waals surface area contributed by atoms with Crippen molar-refractivity contribution in [2.24, 2.45) is 0 Å². The molecule has 0 radical (unpaired) electrons. The topological polar surface area (TPSA) is 56.1 Å². The molecule has 0 bridgehead atoms. The lowest BCUT2D eigenvalue weighted by atomic mass is 9.94. The van der Waals surface area contributed by atoms with Crippen LogP contribution in [0.25, 0.3) is 0 Å². The molecule has 106 valence electrons. The maximum atomic E-state index is 12.2. The summed E-state index contributed by atoms with van der Waals surface area (Å²) in [4.78, 5) is 13.9. The molecule has 0 spiro atoms. The SMILES string of the molecule is CN(C(=O)/C(C#N)=C\NCCCCl)C1CCCCC1. The molecule has 0 atom stereocenters. The van der Waals surface area contributed by atoms with E-state index in [-0.39, 0.29) is 17.5 Å². The molecule has 0 saturated heterocycles. The van der Waals surface area contributed by atoms with Gasteiger partial charge in [0, 0.05) is 31.7 Å². The number of likely N-dealkylation sites (N-methyl/N-ethyl adjacent to an activating group) is 1. The lowest BCUT2D eigenvalue weighted by Crippen LogP contribution is -2.39. The van der Waals surface area contributed by atoms with E-state index < -0.39 is 0 Å². The van der Waals surface area contributed by atoms with E-state index in [0.717, 1.165) is 19.3 Å². The molecule has 0 aromatic rings. The Bertz CT molecular complexity index is 356. The van der Waals surface area contributed by atoms with Crippen LogP contribution in [0.2, 0.25) is 0 Å². The van der Waals surface area contributed by atoms with Crippen molar-refractivity contribution in [3.05, 3.63) is 11.8 Å². The van der Waals surface area contributed by atoms with Crippen molar-refractivity contribution < 1.29 is 4.79 Å². The fourth-order valence-electron chi connectivity index (χ4n) is 2.31. The molecule has 4 nitrogen and oxygen atoms in total. The third-order valence-electron chi connectivity index (χ3n) is 3.49. The molecule has 1 rings (SSSR count). The van der Waals surface area contributed by atoms with Gasteiger partial charge in [-0.25, -0.2) is 0 Å². The first-order valence-corrected chi connectivity index (χ1v) is 7.41. The summed E-state index contributed by atoms with van der Waals surface area (Å²) in [7, 11) is 1.79. The minimum atomic E-state index is -0.187. The first kappa shape index (κ1) is 15.8. The zero-order chi connectivity index (χ0) is 14.1. The van der Waals surface area contributed by atoms with Crippen molar-refractivity contribution >= 4 is 17.5 Å². The van der Waals surface area contributed by atoms with Crippen LogP contribution in [0.15, 0.2) is 11.8 Å². The van der Waals surface area contributed by atoms with Gasteiger partial charge in [-0.15, -0.1) is 11.6 Å². The number of carbonyl (C=O) groups excluding carboxylic acids is 1. The van der Waals surface area contributed by atoms with Crippen molar-refractivity contribution in [1.82, 2.24) is 10.2 Å². The summed E-state index contributed by atoms with van der Waals surface area (Å²) >= 11 is 5.56. The van der Waals surface area contributed by atoms with Crippen LogP contribution in [0.3, 0.4) is 0 Å². The van der Waals surface area contributed by atoms with Crippen LogP contribution in [0, 0.1) is 11.3 Å². The summed E-state index contributed by atoms with van der Waals surface area (Å²) in [6, 6.07) is 2.25. The van der Waals surface area contributed by atoms with Gasteiger partial charge in [0.2, 0.25) is 0 Å². The van der Waals surface area contributed by atoms with Crippen LogP contribution in [0.4, 0.5) is 0 Å². The second-order valence-corrected chi connectivity index (χ2v) is 5.25. The van der Waals surface area contributed by atoms with Gasteiger partial charge in [0.05, 0.1) is 0 Å². The number of rotatable bonds is 6. The molecule has 0 unspecified atom stereocenters. The molecular formula is C14H22ClN3O. The van der Waals surface area contributed by atoms with E-state index in [9.17, 15) is 4.79 Å². The Morgan fingerprint density at radius 3 is 2.74 bits per heavy atom. The number of alkyl halides is 1. The largest absolute Gasteiger partial charge is 0.390 e. The fourth-order valence-corrected chi connectivity index (χ4v) is 2.44. The molecule has 19 heavy (non-hydrogen) atoms. The second kappa shape index (κ2) is 8.82. The number of halogens is 1. The minimum Gasteiger partial charge on any atom is -0.390 e. The van der Waals surface area contributed by atoms with Crippen LogP contribution in [0.5, 0.6) is 0 Å². The number of carbonyl (C=O) groups is 1. The van der Waals surface area contributed by atoms with Gasteiger partial charge >= 0.3 is 0 Å². The summed E-state index contributed by atoms with van der Waals surface area (Å²) in [6.45, 7) is 0.676. The molecule has 0 aromatic carbocycles. The Balaban J connectivity index is 2.54. The number of nitrogens with one attached hydrogen (secondary N) is 1. The highest BCUT2D eigenvalue weighted by molar-refractivity contribution is 6.17. The molecule has 1 saturated carbocycles. The highest BCUT2D eigenvalue weighted by Crippen LogP contribution is 2.22. The minimum absolute atomic E-state index is 0.169. The van der Waals surface area contributed by atoms with Crippen molar-refractivity contribution in [2.75, 3.05) is 19.5 Å². The van der Waals surface area contributed by atoms with Gasteiger partial charge < -0.3 is 10.2 Å². The molecule has 1 amide bonds. The van der Waals surface area contributed by atoms with Crippen LogP contribution < -0.4 is 5.32 Å². The summed E-state index contributed by atoms with van der Waals surface area (Å²) in [5, 5.41) is 12.0. The summed E-state index contributed by atoms with van der Waals surface area (Å²) in [5.41, 5.74) is 0.169. The Morgan fingerprint density at radius 2 is 2.16 bits per heavy atom. The van der Waals surface area contributed by atoms with Gasteiger partial charge in [-0.05, 0) is 19.3 Å². The molecule has 0 heterocycles. The average molecular weight is 284 g/mol. The molecule has 1 aliphatic rings. The van der Waals surface area contributed by atoms with Gasteiger partial charge in [-0.1, -0.05) is 19.3 Å². The van der Waals surface area contributed by atoms with E-state index in [0.29, 0.717) is 12.4 Å². The fraction of sp³-hybridized carbons (Fsp3) is 0.714. The number of amides is 1. The van der Waals surface area contributed by atoms with E-state index in [4.69, 9.17) is 16.9 Å². The third-order valence-corrected chi connectivity index (χ3v) is 3.76. The zero-order valence-corrected chi connectivity index (χ0v) is 12.2. The van der Waals surface area contributed by atoms with Crippen molar-refractivity contribution in [1.29, 1.82) is 5.26 Å². The number of hydrogen-bond acceptors (Lipinski definition) is 3. The lowest BCUT2D eigenvalue weighted by Gasteiger charge is -2.31. The Labute approximate surface area is 120 Å². The first-order chi connectivity index (χ1) is 9.20. The average Bonchev–Trinajstić information content (AvgIpc) is 2.47. The molecule has 0 aromatic heterocycles. The van der Waals surface area contributed by atoms with Gasteiger partial charge in [0.15, 0.2) is 0 Å². The summed E-state index contributed by atoms with van der Waals surface area (Å²) in [6.07, 6.45) is 7.99. The van der Waals surface area contributed by atoms with Crippen LogP contribution in [-0.2, 0) is 4.79 Å². The third kappa shape index (κ3) is 5.12. The van der Waals surface area contributed by atoms with Gasteiger partial charge in [-0.3, -0.25) is 4.79 Å². The quantitative estimate of drug-likeness (QED) is 0.352. The normalized spacial score (nSPS) is 16.8. The van der Waals surface area contributed by atoms with Crippen molar-refractivity contribution in [3.63, 3.8) is 0 Å². The number of hydrogen-bond donors (Lipinski definition) is 1. The van der Waals surface area contributed by atoms with Crippen LogP contribution in [0.1, 0.15) is 38.5 Å². The zero-order valence-electron chi connectivity index (χ0n) is 11.5. The van der Waals surface area contributed by atoms with Gasteiger partial charge in [-0.2, -0.15) is 5.26 Å². The van der Waals surface area contributed by atoms with E-state index in [1.807, 2.05) is 6.07 Å². The van der Waals surface area contributed by atoms with E-state index in [2.05, 4.69) is 5.32 Å². The van der Waals surface area contributed by atoms with E-state index in [1.165, 1.54) is 25.5 Å². The summed E-state index contributed by atoms with van der Waals surface area (Å²) in [5.74, 6) is 0.381. The Morgan fingerprint density at radius 1 is 1.47 bits per heavy atom. The molecule has 1 N–H and O–H groups in total. The number of nitrogens with zero attached hydrogens (tertiary/aromatic N) is 2. The lowest BCUT2D eigenvalue weighted by molar-refractivity contribution is -0.128. The highest BCUT2D eigenvalue weighted by atomic mass is 35.5. The van der Waals surface area contributed by atoms with E-state index >= 15 is 0 Å². The standard InChI is InChI=1S/C14H22ClN3O/c1-18(13-6-3-2-4-7-13)14(19)12(10-16)11-17-9-5-8-15/h11,13,17H,2-9H2,1H3/b12-11-. The van der Waals surface area contributed by atoms with Crippen molar-refractivity contribution in [2.45, 2.75) is 44.6 Å². The molecular weight excluding hydrogens is 262 g/mol. The molecule has 1 aliphatic carbocycles. The monoisotopic (exact) mass is 283 g/mol. The van der Waals surface area contributed by atoms with Gasteiger partial charge in [0.1, 0.15) is 11.6 Å². The van der Waals surface area contributed by atoms with Crippen molar-refractivity contribution in [3.8, 4) is 6.07 Å². The maximum absolute atomic E-state index is 12.2. The van der Waals surface area contributed by atoms with Crippen LogP contribution >= 0.6 is 11.6 Å². The molecule has 1 fully saturated rings. The summed E-state index contributed by atoms with van der Waals surface area (Å²) < 4.78 is 0. The Hall–Kier alpha value is -1.21. The van der Waals surface area contributed by atoms with Gasteiger partial charge in [0.25, 0.3) is 5.91 Å². The predicted octanol–water partition coefficient (Wildman–Crippen LogP) is 2.40. The maximum Gasteiger partial charge on any atom is 0.265 e.